The van der Waals surface area contributed by atoms with Gasteiger partial charge in [0.2, 0.25) is 0 Å². The van der Waals surface area contributed by atoms with Gasteiger partial charge in [0.25, 0.3) is 17.5 Å². The number of benzene rings is 4. The number of hydrazone groups is 1. The monoisotopic (exact) mass is 700 g/mol. The minimum Gasteiger partial charge on any atom is -0.490 e. The number of hydrogen-bond acceptors (Lipinski definition) is 9. The standard InChI is InChI=1S/C34H29BrN4O8/c1-3-45-30-14-12-24(20-31(30)46-4-2)33(41)37-27-9-6-8-23(19-27)34(42)38-36-21-25-18-26(35)13-15-29(25)47-32(40)16-11-22-7-5-10-28(17-22)39(43)44/h5-21H,3-4H2,1-2H3,(H,37,41)(H,38,42)/b16-11+,36-21?. The lowest BCUT2D eigenvalue weighted by Gasteiger charge is -2.12. The van der Waals surface area contributed by atoms with Gasteiger partial charge in [0.05, 0.1) is 24.4 Å². The van der Waals surface area contributed by atoms with Gasteiger partial charge in [0.15, 0.2) is 11.5 Å². The van der Waals surface area contributed by atoms with E-state index in [4.69, 9.17) is 14.2 Å². The number of halogens is 1. The average molecular weight is 702 g/mol. The molecular formula is C34H29BrN4O8. The highest BCUT2D eigenvalue weighted by atomic mass is 79.9. The maximum absolute atomic E-state index is 12.9. The van der Waals surface area contributed by atoms with Crippen LogP contribution in [0, 0.1) is 10.1 Å². The van der Waals surface area contributed by atoms with Crippen LogP contribution >= 0.6 is 15.9 Å². The average Bonchev–Trinajstić information content (AvgIpc) is 3.06. The molecule has 0 aromatic heterocycles. The van der Waals surface area contributed by atoms with Crippen molar-refractivity contribution >= 4 is 57.4 Å². The van der Waals surface area contributed by atoms with E-state index >= 15 is 0 Å². The highest BCUT2D eigenvalue weighted by Crippen LogP contribution is 2.29. The molecule has 0 saturated carbocycles. The molecule has 240 valence electrons. The van der Waals surface area contributed by atoms with Gasteiger partial charge >= 0.3 is 5.97 Å². The number of nitrogens with zero attached hydrogens (tertiary/aromatic N) is 2. The summed E-state index contributed by atoms with van der Waals surface area (Å²) in [4.78, 5) is 48.7. The first-order valence-electron chi connectivity index (χ1n) is 14.2. The van der Waals surface area contributed by atoms with Gasteiger partial charge in [-0.3, -0.25) is 19.7 Å². The number of nitro benzene ring substituents is 1. The maximum Gasteiger partial charge on any atom is 0.336 e. The fraction of sp³-hybridized carbons (Fsp3) is 0.118. The van der Waals surface area contributed by atoms with Crippen LogP contribution in [0.15, 0.2) is 101 Å². The molecule has 4 aromatic carbocycles. The molecule has 0 saturated heterocycles. The number of ether oxygens (including phenoxy) is 3. The van der Waals surface area contributed by atoms with Crippen LogP contribution in [0.2, 0.25) is 0 Å². The van der Waals surface area contributed by atoms with Crippen LogP contribution in [0.4, 0.5) is 11.4 Å². The molecular weight excluding hydrogens is 672 g/mol. The molecule has 0 fully saturated rings. The second-order valence-corrected chi connectivity index (χ2v) is 10.5. The van der Waals surface area contributed by atoms with Crippen molar-refractivity contribution in [3.05, 3.63) is 128 Å². The van der Waals surface area contributed by atoms with E-state index in [1.807, 2.05) is 13.8 Å². The summed E-state index contributed by atoms with van der Waals surface area (Å²) >= 11 is 3.36. The Labute approximate surface area is 278 Å². The molecule has 0 bridgehead atoms. The van der Waals surface area contributed by atoms with Gasteiger partial charge in [0, 0.05) is 45.1 Å². The molecule has 0 radical (unpaired) electrons. The van der Waals surface area contributed by atoms with E-state index in [1.54, 1.807) is 60.7 Å². The zero-order valence-corrected chi connectivity index (χ0v) is 26.9. The molecule has 13 heteroatoms. The summed E-state index contributed by atoms with van der Waals surface area (Å²) in [6.07, 6.45) is 3.85. The zero-order chi connectivity index (χ0) is 33.8. The molecule has 0 aliphatic heterocycles. The van der Waals surface area contributed by atoms with E-state index in [2.05, 4.69) is 31.8 Å². The van der Waals surface area contributed by atoms with Gasteiger partial charge in [0.1, 0.15) is 5.75 Å². The number of anilines is 1. The van der Waals surface area contributed by atoms with Crippen LogP contribution in [-0.4, -0.2) is 42.1 Å². The molecule has 0 atom stereocenters. The summed E-state index contributed by atoms with van der Waals surface area (Å²) < 4.78 is 17.3. The van der Waals surface area contributed by atoms with Crippen LogP contribution in [0.5, 0.6) is 17.2 Å². The topological polar surface area (TPSA) is 158 Å². The lowest BCUT2D eigenvalue weighted by Crippen LogP contribution is -2.18. The number of rotatable bonds is 13. The molecule has 2 amide bonds. The molecule has 0 aliphatic rings. The molecule has 12 nitrogen and oxygen atoms in total. The number of carbonyl (C=O) groups excluding carboxylic acids is 3. The maximum atomic E-state index is 12.9. The number of amides is 2. The fourth-order valence-corrected chi connectivity index (χ4v) is 4.50. The Hall–Kier alpha value is -5.82. The Balaban J connectivity index is 1.40. The zero-order valence-electron chi connectivity index (χ0n) is 25.3. The van der Waals surface area contributed by atoms with Crippen molar-refractivity contribution < 1.29 is 33.5 Å². The second-order valence-electron chi connectivity index (χ2n) is 9.55. The lowest BCUT2D eigenvalue weighted by atomic mass is 10.1. The highest BCUT2D eigenvalue weighted by molar-refractivity contribution is 9.10. The van der Waals surface area contributed by atoms with Gasteiger partial charge in [-0.1, -0.05) is 34.1 Å². The summed E-state index contributed by atoms with van der Waals surface area (Å²) in [7, 11) is 0. The van der Waals surface area contributed by atoms with Crippen molar-refractivity contribution in [3.8, 4) is 17.2 Å². The smallest absolute Gasteiger partial charge is 0.336 e. The molecule has 4 rings (SSSR count). The lowest BCUT2D eigenvalue weighted by molar-refractivity contribution is -0.384. The fourth-order valence-electron chi connectivity index (χ4n) is 4.12. The number of hydrogen-bond donors (Lipinski definition) is 2. The third-order valence-corrected chi connectivity index (χ3v) is 6.73. The van der Waals surface area contributed by atoms with E-state index in [0.29, 0.717) is 51.6 Å². The van der Waals surface area contributed by atoms with Gasteiger partial charge in [-0.2, -0.15) is 5.10 Å². The Morgan fingerprint density at radius 3 is 2.34 bits per heavy atom. The third-order valence-electron chi connectivity index (χ3n) is 6.23. The molecule has 0 spiro atoms. The normalized spacial score (nSPS) is 10.9. The van der Waals surface area contributed by atoms with Crippen molar-refractivity contribution in [2.45, 2.75) is 13.8 Å². The SMILES string of the molecule is CCOc1ccc(C(=O)Nc2cccc(C(=O)NN=Cc3cc(Br)ccc3OC(=O)/C=C/c3cccc([N+](=O)[O-])c3)c2)cc1OCC. The number of non-ortho nitro benzene ring substituents is 1. The van der Waals surface area contributed by atoms with Gasteiger partial charge in [-0.25, -0.2) is 10.2 Å². The van der Waals surface area contributed by atoms with Crippen molar-refractivity contribution in [1.29, 1.82) is 0 Å². The Kier molecular flexibility index (Phi) is 11.9. The van der Waals surface area contributed by atoms with E-state index in [9.17, 15) is 24.5 Å². The molecule has 0 aliphatic carbocycles. The summed E-state index contributed by atoms with van der Waals surface area (Å²) in [5, 5.41) is 17.8. The predicted octanol–water partition coefficient (Wildman–Crippen LogP) is 6.79. The quantitative estimate of drug-likeness (QED) is 0.0385. The van der Waals surface area contributed by atoms with Crippen molar-refractivity contribution in [2.75, 3.05) is 18.5 Å². The number of esters is 1. The van der Waals surface area contributed by atoms with E-state index in [1.165, 1.54) is 36.6 Å². The second kappa shape index (κ2) is 16.5. The van der Waals surface area contributed by atoms with Crippen molar-refractivity contribution in [2.24, 2.45) is 5.10 Å². The van der Waals surface area contributed by atoms with E-state index in [-0.39, 0.29) is 17.0 Å². The first-order valence-corrected chi connectivity index (χ1v) is 15.0. The highest BCUT2D eigenvalue weighted by Gasteiger charge is 2.14. The summed E-state index contributed by atoms with van der Waals surface area (Å²) in [5.41, 5.74) is 4.11. The van der Waals surface area contributed by atoms with Crippen LogP contribution < -0.4 is 25.0 Å². The van der Waals surface area contributed by atoms with Gasteiger partial charge in [-0.15, -0.1) is 0 Å². The first kappa shape index (κ1) is 34.1. The largest absolute Gasteiger partial charge is 0.490 e. The first-order chi connectivity index (χ1) is 22.7. The van der Waals surface area contributed by atoms with Gasteiger partial charge < -0.3 is 19.5 Å². The van der Waals surface area contributed by atoms with Gasteiger partial charge in [-0.05, 0) is 80.1 Å². The number of carbonyl (C=O) groups is 3. The van der Waals surface area contributed by atoms with E-state index in [0.717, 1.165) is 6.08 Å². The summed E-state index contributed by atoms with van der Waals surface area (Å²) in [6.45, 7) is 4.54. The molecule has 0 unspecified atom stereocenters. The van der Waals surface area contributed by atoms with Crippen LogP contribution in [-0.2, 0) is 4.79 Å². The van der Waals surface area contributed by atoms with Crippen LogP contribution in [0.25, 0.3) is 6.08 Å². The minimum absolute atomic E-state index is 0.106. The van der Waals surface area contributed by atoms with Crippen molar-refractivity contribution in [3.63, 3.8) is 0 Å². The predicted molar refractivity (Wildman–Crippen MR) is 180 cm³/mol. The minimum atomic E-state index is -0.726. The third kappa shape index (κ3) is 9.83. The van der Waals surface area contributed by atoms with Crippen LogP contribution in [0.1, 0.15) is 45.7 Å². The van der Waals surface area contributed by atoms with Crippen molar-refractivity contribution in [1.82, 2.24) is 5.43 Å². The molecule has 47 heavy (non-hydrogen) atoms. The van der Waals surface area contributed by atoms with E-state index < -0.39 is 22.7 Å². The summed E-state index contributed by atoms with van der Waals surface area (Å²) in [6, 6.07) is 21.8. The molecule has 4 aromatic rings. The van der Waals surface area contributed by atoms with Crippen LogP contribution in [0.3, 0.4) is 0 Å². The Bertz CT molecular complexity index is 1860. The number of nitro groups is 1. The Morgan fingerprint density at radius 1 is 0.851 bits per heavy atom. The Morgan fingerprint density at radius 2 is 1.57 bits per heavy atom. The summed E-state index contributed by atoms with van der Waals surface area (Å²) in [5.74, 6) is -0.532. The number of nitrogens with one attached hydrogen (secondary N) is 2. The molecule has 2 N–H and O–H groups in total. The molecule has 0 heterocycles.